The molecule has 0 saturated carbocycles. The molecular formula is C10H14. The third kappa shape index (κ3) is 1.60. The van der Waals surface area contributed by atoms with Crippen LogP contribution in [0.5, 0.6) is 0 Å². The Labute approximate surface area is 62.9 Å². The second-order valence-corrected chi connectivity index (χ2v) is 2.75. The van der Waals surface area contributed by atoms with Gasteiger partial charge in [-0.1, -0.05) is 30.4 Å². The molecule has 0 nitrogen and oxygen atoms in total. The van der Waals surface area contributed by atoms with Crippen molar-refractivity contribution in [3.05, 3.63) is 36.0 Å². The fourth-order valence-electron chi connectivity index (χ4n) is 1.33. The Morgan fingerprint density at radius 1 is 1.40 bits per heavy atom. The lowest BCUT2D eigenvalue weighted by molar-refractivity contribution is 0.899. The van der Waals surface area contributed by atoms with Crippen LogP contribution in [0, 0.1) is 0 Å². The molecule has 0 atom stereocenters. The lowest BCUT2D eigenvalue weighted by atomic mass is 10.1. The number of rotatable bonds is 2. The quantitative estimate of drug-likeness (QED) is 0.509. The molecule has 0 bridgehead atoms. The van der Waals surface area contributed by atoms with E-state index in [9.17, 15) is 0 Å². The summed E-state index contributed by atoms with van der Waals surface area (Å²) in [6.07, 6.45) is 9.91. The molecule has 54 valence electrons. The molecule has 0 N–H and O–H groups in total. The van der Waals surface area contributed by atoms with Crippen LogP contribution in [0.4, 0.5) is 0 Å². The van der Waals surface area contributed by atoms with Gasteiger partial charge < -0.3 is 0 Å². The van der Waals surface area contributed by atoms with Crippen LogP contribution in [0.1, 0.15) is 26.2 Å². The van der Waals surface area contributed by atoms with Crippen molar-refractivity contribution in [1.82, 2.24) is 0 Å². The molecule has 0 aliphatic heterocycles. The van der Waals surface area contributed by atoms with E-state index in [1.807, 2.05) is 12.2 Å². The summed E-state index contributed by atoms with van der Waals surface area (Å²) in [5.41, 5.74) is 3.07. The summed E-state index contributed by atoms with van der Waals surface area (Å²) >= 11 is 0. The van der Waals surface area contributed by atoms with Crippen LogP contribution >= 0.6 is 0 Å². The first-order chi connectivity index (χ1) is 4.84. The molecule has 0 fully saturated rings. The first-order valence-electron chi connectivity index (χ1n) is 3.82. The Balaban J connectivity index is 2.62. The third-order valence-electron chi connectivity index (χ3n) is 1.98. The summed E-state index contributed by atoms with van der Waals surface area (Å²) in [5, 5.41) is 0. The third-order valence-corrected chi connectivity index (χ3v) is 1.98. The molecule has 0 radical (unpaired) electrons. The van der Waals surface area contributed by atoms with E-state index in [-0.39, 0.29) is 0 Å². The smallest absolute Gasteiger partial charge is 0.0276 e. The Bertz CT molecular complexity index is 182. The first kappa shape index (κ1) is 7.33. The average molecular weight is 134 g/mol. The molecule has 0 heterocycles. The van der Waals surface area contributed by atoms with E-state index in [1.54, 1.807) is 5.57 Å². The molecular weight excluding hydrogens is 120 g/mol. The monoisotopic (exact) mass is 134 g/mol. The molecule has 0 amide bonds. The maximum absolute atomic E-state index is 3.64. The Morgan fingerprint density at radius 2 is 2.20 bits per heavy atom. The van der Waals surface area contributed by atoms with Crippen LogP contribution in [-0.4, -0.2) is 0 Å². The molecule has 1 aliphatic carbocycles. The van der Waals surface area contributed by atoms with Gasteiger partial charge >= 0.3 is 0 Å². The van der Waals surface area contributed by atoms with Gasteiger partial charge in [0.1, 0.15) is 0 Å². The van der Waals surface area contributed by atoms with E-state index in [4.69, 9.17) is 0 Å². The second-order valence-electron chi connectivity index (χ2n) is 2.75. The zero-order valence-corrected chi connectivity index (χ0v) is 6.56. The molecule has 0 aromatic heterocycles. The van der Waals surface area contributed by atoms with Gasteiger partial charge in [-0.25, -0.2) is 0 Å². The molecule has 0 spiro atoms. The predicted molar refractivity (Wildman–Crippen MR) is 45.9 cm³/mol. The Kier molecular flexibility index (Phi) is 2.49. The van der Waals surface area contributed by atoms with Crippen LogP contribution in [0.25, 0.3) is 0 Å². The van der Waals surface area contributed by atoms with Crippen molar-refractivity contribution >= 4 is 0 Å². The molecule has 0 aromatic rings. The first-order valence-corrected chi connectivity index (χ1v) is 3.82. The van der Waals surface area contributed by atoms with E-state index < -0.39 is 0 Å². The molecule has 10 heavy (non-hydrogen) atoms. The Morgan fingerprint density at radius 3 is 2.70 bits per heavy atom. The second kappa shape index (κ2) is 3.40. The molecule has 0 unspecified atom stereocenters. The van der Waals surface area contributed by atoms with Crippen molar-refractivity contribution in [2.45, 2.75) is 26.2 Å². The van der Waals surface area contributed by atoms with E-state index >= 15 is 0 Å². The van der Waals surface area contributed by atoms with Gasteiger partial charge in [0, 0.05) is 0 Å². The van der Waals surface area contributed by atoms with Gasteiger partial charge in [-0.3, -0.25) is 0 Å². The van der Waals surface area contributed by atoms with Crippen molar-refractivity contribution < 1.29 is 0 Å². The zero-order valence-electron chi connectivity index (χ0n) is 6.56. The molecule has 1 aliphatic rings. The summed E-state index contributed by atoms with van der Waals surface area (Å²) in [6.45, 7) is 5.86. The SMILES string of the molecule is C=C/C=C\C1=C(C)CCC1. The van der Waals surface area contributed by atoms with E-state index in [0.717, 1.165) is 0 Å². The summed E-state index contributed by atoms with van der Waals surface area (Å²) < 4.78 is 0. The van der Waals surface area contributed by atoms with Gasteiger partial charge in [-0.05, 0) is 31.8 Å². The van der Waals surface area contributed by atoms with Crippen LogP contribution < -0.4 is 0 Å². The summed E-state index contributed by atoms with van der Waals surface area (Å²) in [5.74, 6) is 0. The van der Waals surface area contributed by atoms with Gasteiger partial charge in [-0.15, -0.1) is 0 Å². The topological polar surface area (TPSA) is 0 Å². The van der Waals surface area contributed by atoms with E-state index in [1.165, 1.54) is 24.8 Å². The largest absolute Gasteiger partial charge is 0.0991 e. The minimum Gasteiger partial charge on any atom is -0.0991 e. The molecule has 0 heteroatoms. The minimum atomic E-state index is 1.26. The van der Waals surface area contributed by atoms with Crippen molar-refractivity contribution in [2.24, 2.45) is 0 Å². The maximum Gasteiger partial charge on any atom is -0.0276 e. The normalized spacial score (nSPS) is 18.9. The lowest BCUT2D eigenvalue weighted by Gasteiger charge is -1.91. The molecule has 0 saturated heterocycles. The fraction of sp³-hybridized carbons (Fsp3) is 0.400. The van der Waals surface area contributed by atoms with Gasteiger partial charge in [0.05, 0.1) is 0 Å². The summed E-state index contributed by atoms with van der Waals surface area (Å²) in [7, 11) is 0. The Hall–Kier alpha value is -0.780. The predicted octanol–water partition coefficient (Wildman–Crippen LogP) is 3.23. The maximum atomic E-state index is 3.64. The number of allylic oxidation sites excluding steroid dienone is 5. The highest BCUT2D eigenvalue weighted by Gasteiger charge is 2.06. The highest BCUT2D eigenvalue weighted by atomic mass is 14.1. The van der Waals surface area contributed by atoms with Crippen molar-refractivity contribution in [1.29, 1.82) is 0 Å². The number of hydrogen-bond donors (Lipinski definition) is 0. The minimum absolute atomic E-state index is 1.26. The standard InChI is InChI=1S/C10H14/c1-3-4-7-10-8-5-6-9(10)2/h3-4,7H,1,5-6,8H2,2H3/b7-4-. The van der Waals surface area contributed by atoms with E-state index in [2.05, 4.69) is 19.6 Å². The van der Waals surface area contributed by atoms with Crippen molar-refractivity contribution in [3.8, 4) is 0 Å². The van der Waals surface area contributed by atoms with Crippen molar-refractivity contribution in [3.63, 3.8) is 0 Å². The van der Waals surface area contributed by atoms with Gasteiger partial charge in [0.25, 0.3) is 0 Å². The average Bonchev–Trinajstić information content (AvgIpc) is 2.31. The van der Waals surface area contributed by atoms with Crippen LogP contribution in [0.2, 0.25) is 0 Å². The van der Waals surface area contributed by atoms with Crippen LogP contribution in [0.15, 0.2) is 36.0 Å². The van der Waals surface area contributed by atoms with Gasteiger partial charge in [-0.2, -0.15) is 0 Å². The zero-order chi connectivity index (χ0) is 7.40. The van der Waals surface area contributed by atoms with Crippen LogP contribution in [0.3, 0.4) is 0 Å². The highest BCUT2D eigenvalue weighted by molar-refractivity contribution is 5.29. The van der Waals surface area contributed by atoms with Crippen molar-refractivity contribution in [2.75, 3.05) is 0 Å². The lowest BCUT2D eigenvalue weighted by Crippen LogP contribution is -1.71. The molecule has 0 aromatic carbocycles. The summed E-state index contributed by atoms with van der Waals surface area (Å²) in [6, 6.07) is 0. The van der Waals surface area contributed by atoms with Gasteiger partial charge in [0.15, 0.2) is 0 Å². The fourth-order valence-corrected chi connectivity index (χ4v) is 1.33. The highest BCUT2D eigenvalue weighted by Crippen LogP contribution is 2.25. The van der Waals surface area contributed by atoms with Gasteiger partial charge in [0.2, 0.25) is 0 Å². The molecule has 1 rings (SSSR count). The van der Waals surface area contributed by atoms with Crippen LogP contribution in [-0.2, 0) is 0 Å². The number of hydrogen-bond acceptors (Lipinski definition) is 0. The van der Waals surface area contributed by atoms with E-state index in [0.29, 0.717) is 0 Å². The summed E-state index contributed by atoms with van der Waals surface area (Å²) in [4.78, 5) is 0.